The summed E-state index contributed by atoms with van der Waals surface area (Å²) in [5.74, 6) is -1.26. The number of aliphatic hydroxyl groups excluding tert-OH is 1. The number of benzene rings is 1. The van der Waals surface area contributed by atoms with Crippen LogP contribution in [-0.4, -0.2) is 28.2 Å². The van der Waals surface area contributed by atoms with Crippen LogP contribution in [0.15, 0.2) is 53.4 Å². The molecule has 1 amide bonds. The van der Waals surface area contributed by atoms with Gasteiger partial charge < -0.3 is 10.0 Å². The van der Waals surface area contributed by atoms with E-state index in [2.05, 4.69) is 0 Å². The molecule has 0 spiro atoms. The van der Waals surface area contributed by atoms with E-state index in [9.17, 15) is 14.7 Å². The van der Waals surface area contributed by atoms with Crippen molar-refractivity contribution < 1.29 is 14.7 Å². The molecule has 0 saturated carbocycles. The predicted molar refractivity (Wildman–Crippen MR) is 90.1 cm³/mol. The summed E-state index contributed by atoms with van der Waals surface area (Å²) in [5.41, 5.74) is 0.723. The largest absolute Gasteiger partial charge is 0.507 e. The first-order valence-corrected chi connectivity index (χ1v) is 8.40. The third kappa shape index (κ3) is 2.68. The van der Waals surface area contributed by atoms with Crippen molar-refractivity contribution >= 4 is 28.8 Å². The standard InChI is InChI=1S/C18H17NO3S/c1-2-10-19-15(13-9-6-11-23-13)14(17(21)18(19)22)16(20)12-7-4-3-5-8-12/h3-9,11,15,20H,2,10H2,1H3/b16-14-. The average molecular weight is 327 g/mol. The number of Topliss-reactive ketones (excluding diaryl/α,β-unsaturated/α-hetero) is 1. The maximum atomic E-state index is 12.5. The third-order valence-electron chi connectivity index (χ3n) is 3.86. The molecule has 1 saturated heterocycles. The molecule has 1 atom stereocenters. The van der Waals surface area contributed by atoms with Crippen molar-refractivity contribution in [2.45, 2.75) is 19.4 Å². The van der Waals surface area contributed by atoms with Crippen molar-refractivity contribution in [1.82, 2.24) is 4.90 Å². The fourth-order valence-electron chi connectivity index (χ4n) is 2.85. The van der Waals surface area contributed by atoms with Gasteiger partial charge in [0.2, 0.25) is 0 Å². The van der Waals surface area contributed by atoms with Gasteiger partial charge in [0.05, 0.1) is 11.6 Å². The number of nitrogens with zero attached hydrogens (tertiary/aromatic N) is 1. The Bertz CT molecular complexity index is 750. The Morgan fingerprint density at radius 1 is 1.17 bits per heavy atom. The number of carbonyl (C=O) groups excluding carboxylic acids is 2. The lowest BCUT2D eigenvalue weighted by Crippen LogP contribution is -2.30. The summed E-state index contributed by atoms with van der Waals surface area (Å²) in [6, 6.07) is 12.1. The van der Waals surface area contributed by atoms with E-state index < -0.39 is 17.7 Å². The molecule has 1 N–H and O–H groups in total. The molecule has 4 nitrogen and oxygen atoms in total. The second kappa shape index (κ2) is 6.38. The Labute approximate surface area is 138 Å². The van der Waals surface area contributed by atoms with E-state index >= 15 is 0 Å². The number of rotatable bonds is 4. The van der Waals surface area contributed by atoms with Crippen molar-refractivity contribution in [1.29, 1.82) is 0 Å². The van der Waals surface area contributed by atoms with E-state index in [1.165, 1.54) is 11.3 Å². The van der Waals surface area contributed by atoms with Crippen molar-refractivity contribution in [2.75, 3.05) is 6.54 Å². The molecule has 5 heteroatoms. The molecule has 118 valence electrons. The number of amides is 1. The first-order valence-electron chi connectivity index (χ1n) is 7.52. The maximum Gasteiger partial charge on any atom is 0.295 e. The molecule has 23 heavy (non-hydrogen) atoms. The summed E-state index contributed by atoms with van der Waals surface area (Å²) in [6.45, 7) is 2.45. The number of carbonyl (C=O) groups is 2. The smallest absolute Gasteiger partial charge is 0.295 e. The fraction of sp³-hybridized carbons (Fsp3) is 0.222. The summed E-state index contributed by atoms with van der Waals surface area (Å²) in [7, 11) is 0. The Balaban J connectivity index is 2.16. The Morgan fingerprint density at radius 2 is 1.91 bits per heavy atom. The molecule has 2 heterocycles. The van der Waals surface area contributed by atoms with Crippen LogP contribution in [0.5, 0.6) is 0 Å². The fourth-order valence-corrected chi connectivity index (χ4v) is 3.69. The molecular weight excluding hydrogens is 310 g/mol. The normalized spacial score (nSPS) is 20.2. The minimum Gasteiger partial charge on any atom is -0.507 e. The zero-order valence-corrected chi connectivity index (χ0v) is 13.5. The average Bonchev–Trinajstić information content (AvgIpc) is 3.18. The second-order valence-corrected chi connectivity index (χ2v) is 6.35. The molecular formula is C18H17NO3S. The summed E-state index contributed by atoms with van der Waals surface area (Å²) in [5, 5.41) is 12.6. The van der Waals surface area contributed by atoms with E-state index in [0.717, 1.165) is 11.3 Å². The van der Waals surface area contributed by atoms with Crippen LogP contribution in [0.2, 0.25) is 0 Å². The van der Waals surface area contributed by atoms with Crippen LogP contribution in [-0.2, 0) is 9.59 Å². The van der Waals surface area contributed by atoms with Crippen LogP contribution >= 0.6 is 11.3 Å². The molecule has 1 unspecified atom stereocenters. The summed E-state index contributed by atoms with van der Waals surface area (Å²) < 4.78 is 0. The monoisotopic (exact) mass is 327 g/mol. The third-order valence-corrected chi connectivity index (χ3v) is 4.79. The number of hydrogen-bond acceptors (Lipinski definition) is 4. The molecule has 0 aliphatic carbocycles. The molecule has 1 aliphatic heterocycles. The lowest BCUT2D eigenvalue weighted by atomic mass is 10.00. The highest BCUT2D eigenvalue weighted by Crippen LogP contribution is 2.40. The Hall–Kier alpha value is -2.40. The van der Waals surface area contributed by atoms with Crippen molar-refractivity contribution in [3.63, 3.8) is 0 Å². The van der Waals surface area contributed by atoms with E-state index in [4.69, 9.17) is 0 Å². The van der Waals surface area contributed by atoms with E-state index in [1.807, 2.05) is 30.5 Å². The maximum absolute atomic E-state index is 12.5. The topological polar surface area (TPSA) is 57.6 Å². The molecule has 3 rings (SSSR count). The molecule has 2 aromatic rings. The summed E-state index contributed by atoms with van der Waals surface area (Å²) in [6.07, 6.45) is 0.750. The Kier molecular flexibility index (Phi) is 4.30. The van der Waals surface area contributed by atoms with Gasteiger partial charge >= 0.3 is 0 Å². The molecule has 1 aromatic heterocycles. The van der Waals surface area contributed by atoms with Crippen molar-refractivity contribution in [2.24, 2.45) is 0 Å². The zero-order valence-electron chi connectivity index (χ0n) is 12.7. The molecule has 1 fully saturated rings. The molecule has 0 bridgehead atoms. The minimum absolute atomic E-state index is 0.110. The lowest BCUT2D eigenvalue weighted by Gasteiger charge is -2.23. The van der Waals surface area contributed by atoms with Gasteiger partial charge in [-0.3, -0.25) is 9.59 Å². The highest BCUT2D eigenvalue weighted by Gasteiger charge is 2.46. The van der Waals surface area contributed by atoms with E-state index in [1.54, 1.807) is 29.2 Å². The first-order chi connectivity index (χ1) is 11.1. The highest BCUT2D eigenvalue weighted by atomic mass is 32.1. The SMILES string of the molecule is CCCN1C(=O)C(=O)/C(=C(\O)c2ccccc2)C1c1cccs1. The van der Waals surface area contributed by atoms with Gasteiger partial charge in [-0.05, 0) is 17.9 Å². The van der Waals surface area contributed by atoms with E-state index in [0.29, 0.717) is 12.1 Å². The van der Waals surface area contributed by atoms with Gasteiger partial charge in [0, 0.05) is 17.0 Å². The number of hydrogen-bond donors (Lipinski definition) is 1. The van der Waals surface area contributed by atoms with Gasteiger partial charge in [-0.2, -0.15) is 0 Å². The van der Waals surface area contributed by atoms with Gasteiger partial charge in [-0.1, -0.05) is 43.3 Å². The van der Waals surface area contributed by atoms with Crippen molar-refractivity contribution in [3.05, 3.63) is 63.9 Å². The molecule has 0 radical (unpaired) electrons. The van der Waals surface area contributed by atoms with E-state index in [-0.39, 0.29) is 11.3 Å². The van der Waals surface area contributed by atoms with Crippen LogP contribution in [0.4, 0.5) is 0 Å². The van der Waals surface area contributed by atoms with Crippen LogP contribution in [0.3, 0.4) is 0 Å². The zero-order chi connectivity index (χ0) is 16.4. The molecule has 1 aliphatic rings. The van der Waals surface area contributed by atoms with Gasteiger partial charge in [0.1, 0.15) is 5.76 Å². The van der Waals surface area contributed by atoms with Crippen LogP contribution in [0.25, 0.3) is 5.76 Å². The highest BCUT2D eigenvalue weighted by molar-refractivity contribution is 7.10. The van der Waals surface area contributed by atoms with Crippen LogP contribution in [0.1, 0.15) is 29.8 Å². The summed E-state index contributed by atoms with van der Waals surface area (Å²) >= 11 is 1.48. The lowest BCUT2D eigenvalue weighted by molar-refractivity contribution is -0.139. The summed E-state index contributed by atoms with van der Waals surface area (Å²) in [4.78, 5) is 27.3. The van der Waals surface area contributed by atoms with Crippen LogP contribution in [0, 0.1) is 0 Å². The Morgan fingerprint density at radius 3 is 2.52 bits per heavy atom. The second-order valence-electron chi connectivity index (χ2n) is 5.37. The van der Waals surface area contributed by atoms with Gasteiger partial charge in [0.25, 0.3) is 11.7 Å². The number of ketones is 1. The number of likely N-dealkylation sites (tertiary alicyclic amines) is 1. The van der Waals surface area contributed by atoms with Crippen LogP contribution < -0.4 is 0 Å². The van der Waals surface area contributed by atoms with Gasteiger partial charge in [-0.25, -0.2) is 0 Å². The van der Waals surface area contributed by atoms with Gasteiger partial charge in [0.15, 0.2) is 0 Å². The number of thiophene rings is 1. The van der Waals surface area contributed by atoms with Crippen molar-refractivity contribution in [3.8, 4) is 0 Å². The minimum atomic E-state index is -0.613. The number of aliphatic hydroxyl groups is 1. The first kappa shape index (κ1) is 15.5. The van der Waals surface area contributed by atoms with Gasteiger partial charge in [-0.15, -0.1) is 11.3 Å². The predicted octanol–water partition coefficient (Wildman–Crippen LogP) is 3.58. The molecule has 1 aromatic carbocycles. The quantitative estimate of drug-likeness (QED) is 0.530.